The van der Waals surface area contributed by atoms with Crippen LogP contribution < -0.4 is 15.4 Å². The van der Waals surface area contributed by atoms with E-state index in [-0.39, 0.29) is 12.6 Å². The van der Waals surface area contributed by atoms with Crippen LogP contribution in [0.25, 0.3) is 0 Å². The van der Waals surface area contributed by atoms with Crippen LogP contribution >= 0.6 is 0 Å². The third-order valence-corrected chi connectivity index (χ3v) is 2.83. The minimum absolute atomic E-state index is 0.201. The van der Waals surface area contributed by atoms with Crippen LogP contribution in [0.4, 0.5) is 10.5 Å². The van der Waals surface area contributed by atoms with Crippen molar-refractivity contribution < 1.29 is 14.6 Å². The van der Waals surface area contributed by atoms with E-state index in [2.05, 4.69) is 10.6 Å². The molecule has 5 heteroatoms. The molecule has 5 nitrogen and oxygen atoms in total. The number of ether oxygens (including phenoxy) is 1. The maximum Gasteiger partial charge on any atom is 0.319 e. The average Bonchev–Trinajstić information content (AvgIpc) is 2.36. The van der Waals surface area contributed by atoms with Gasteiger partial charge in [0.15, 0.2) is 0 Å². The van der Waals surface area contributed by atoms with Crippen molar-refractivity contribution in [2.24, 2.45) is 5.92 Å². The minimum atomic E-state index is -0.910. The molecule has 0 bridgehead atoms. The van der Waals surface area contributed by atoms with Gasteiger partial charge in [0, 0.05) is 6.54 Å². The molecule has 0 heterocycles. The fourth-order valence-electron chi connectivity index (χ4n) is 2.14. The Morgan fingerprint density at radius 3 is 2.65 bits per heavy atom. The molecule has 1 aromatic carbocycles. The summed E-state index contributed by atoms with van der Waals surface area (Å²) in [4.78, 5) is 11.8. The van der Waals surface area contributed by atoms with Gasteiger partial charge in [-0.25, -0.2) is 4.79 Å². The fourth-order valence-corrected chi connectivity index (χ4v) is 2.14. The molecular formula is C15H24N2O3. The van der Waals surface area contributed by atoms with Crippen LogP contribution in [0.2, 0.25) is 0 Å². The molecule has 0 aliphatic carbocycles. The first-order chi connectivity index (χ1) is 9.34. The third kappa shape index (κ3) is 5.48. The zero-order chi connectivity index (χ0) is 15.2. The molecule has 0 fully saturated rings. The second kappa shape index (κ2) is 7.14. The highest BCUT2D eigenvalue weighted by atomic mass is 16.5. The largest absolute Gasteiger partial charge is 0.495 e. The van der Waals surface area contributed by atoms with Gasteiger partial charge in [0.1, 0.15) is 5.75 Å². The number of para-hydroxylation sites is 2. The molecule has 0 aliphatic rings. The van der Waals surface area contributed by atoms with Crippen LogP contribution in [0.15, 0.2) is 24.3 Å². The number of anilines is 1. The van der Waals surface area contributed by atoms with Crippen molar-refractivity contribution in [3.63, 3.8) is 0 Å². The predicted octanol–water partition coefficient (Wildman–Crippen LogP) is 2.61. The summed E-state index contributed by atoms with van der Waals surface area (Å²) in [5, 5.41) is 15.5. The first-order valence-electron chi connectivity index (χ1n) is 6.74. The molecule has 0 aromatic heterocycles. The van der Waals surface area contributed by atoms with E-state index in [1.54, 1.807) is 26.2 Å². The van der Waals surface area contributed by atoms with Gasteiger partial charge in [-0.05, 0) is 31.4 Å². The second-order valence-electron chi connectivity index (χ2n) is 5.60. The lowest BCUT2D eigenvalue weighted by Gasteiger charge is -2.25. The van der Waals surface area contributed by atoms with E-state index < -0.39 is 5.60 Å². The number of hydrogen-bond acceptors (Lipinski definition) is 3. The van der Waals surface area contributed by atoms with Crippen molar-refractivity contribution in [1.82, 2.24) is 5.32 Å². The summed E-state index contributed by atoms with van der Waals surface area (Å²) in [6, 6.07) is 6.80. The molecular weight excluding hydrogens is 256 g/mol. The molecule has 112 valence electrons. The molecule has 1 rings (SSSR count). The van der Waals surface area contributed by atoms with E-state index in [0.29, 0.717) is 23.8 Å². The fraction of sp³-hybridized carbons (Fsp3) is 0.533. The lowest BCUT2D eigenvalue weighted by molar-refractivity contribution is 0.0413. The van der Waals surface area contributed by atoms with Crippen LogP contribution in [0, 0.1) is 5.92 Å². The number of benzene rings is 1. The van der Waals surface area contributed by atoms with Crippen molar-refractivity contribution in [2.75, 3.05) is 19.0 Å². The van der Waals surface area contributed by atoms with E-state index in [4.69, 9.17) is 4.74 Å². The first kappa shape index (κ1) is 16.3. The van der Waals surface area contributed by atoms with Crippen LogP contribution in [0.3, 0.4) is 0 Å². The van der Waals surface area contributed by atoms with Gasteiger partial charge < -0.3 is 20.5 Å². The lowest BCUT2D eigenvalue weighted by atomic mass is 9.94. The van der Waals surface area contributed by atoms with Gasteiger partial charge >= 0.3 is 6.03 Å². The van der Waals surface area contributed by atoms with Crippen LogP contribution in [-0.2, 0) is 0 Å². The summed E-state index contributed by atoms with van der Waals surface area (Å²) < 4.78 is 5.15. The Hall–Kier alpha value is -1.75. The smallest absolute Gasteiger partial charge is 0.319 e. The number of carbonyl (C=O) groups excluding carboxylic acids is 1. The van der Waals surface area contributed by atoms with E-state index >= 15 is 0 Å². The number of nitrogens with one attached hydrogen (secondary N) is 2. The molecule has 0 spiro atoms. The molecule has 1 aromatic rings. The Kier molecular flexibility index (Phi) is 5.82. The van der Waals surface area contributed by atoms with Gasteiger partial charge in [0.05, 0.1) is 18.4 Å². The minimum Gasteiger partial charge on any atom is -0.495 e. The van der Waals surface area contributed by atoms with Gasteiger partial charge in [0.25, 0.3) is 0 Å². The van der Waals surface area contributed by atoms with Crippen molar-refractivity contribution in [3.8, 4) is 5.75 Å². The van der Waals surface area contributed by atoms with E-state index in [0.717, 1.165) is 0 Å². The van der Waals surface area contributed by atoms with Crippen LogP contribution in [0.1, 0.15) is 27.2 Å². The van der Waals surface area contributed by atoms with Gasteiger partial charge in [-0.1, -0.05) is 26.0 Å². The Morgan fingerprint density at radius 2 is 2.05 bits per heavy atom. The van der Waals surface area contributed by atoms with Crippen molar-refractivity contribution >= 4 is 11.7 Å². The Balaban J connectivity index is 2.52. The number of rotatable bonds is 6. The number of aliphatic hydroxyl groups is 1. The number of amides is 2. The Bertz CT molecular complexity index is 444. The van der Waals surface area contributed by atoms with Gasteiger partial charge in [-0.15, -0.1) is 0 Å². The summed E-state index contributed by atoms with van der Waals surface area (Å²) in [7, 11) is 1.55. The zero-order valence-corrected chi connectivity index (χ0v) is 12.6. The van der Waals surface area contributed by atoms with Crippen molar-refractivity contribution in [3.05, 3.63) is 24.3 Å². The highest BCUT2D eigenvalue weighted by Crippen LogP contribution is 2.22. The molecule has 0 radical (unpaired) electrons. The van der Waals surface area contributed by atoms with Crippen LogP contribution in [0.5, 0.6) is 5.75 Å². The van der Waals surface area contributed by atoms with Gasteiger partial charge in [0.2, 0.25) is 0 Å². The SMILES string of the molecule is COc1ccccc1NC(=O)NCC(C)(O)CC(C)C. The molecule has 20 heavy (non-hydrogen) atoms. The Morgan fingerprint density at radius 1 is 1.40 bits per heavy atom. The molecule has 3 N–H and O–H groups in total. The molecule has 1 atom stereocenters. The maximum atomic E-state index is 11.8. The quantitative estimate of drug-likeness (QED) is 0.750. The summed E-state index contributed by atoms with van der Waals surface area (Å²) >= 11 is 0. The first-order valence-corrected chi connectivity index (χ1v) is 6.74. The number of urea groups is 1. The van der Waals surface area contributed by atoms with Crippen molar-refractivity contribution in [1.29, 1.82) is 0 Å². The molecule has 0 saturated heterocycles. The summed E-state index contributed by atoms with van der Waals surface area (Å²) in [6.45, 7) is 5.98. The summed E-state index contributed by atoms with van der Waals surface area (Å²) in [5.74, 6) is 0.959. The molecule has 2 amide bonds. The number of methoxy groups -OCH3 is 1. The van der Waals surface area contributed by atoms with Crippen LogP contribution in [-0.4, -0.2) is 30.4 Å². The topological polar surface area (TPSA) is 70.6 Å². The predicted molar refractivity (Wildman–Crippen MR) is 80.1 cm³/mol. The Labute approximate surface area is 120 Å². The molecule has 1 unspecified atom stereocenters. The monoisotopic (exact) mass is 280 g/mol. The van der Waals surface area contributed by atoms with Crippen molar-refractivity contribution in [2.45, 2.75) is 32.8 Å². The van der Waals surface area contributed by atoms with E-state index in [1.165, 1.54) is 0 Å². The third-order valence-electron chi connectivity index (χ3n) is 2.83. The van der Waals surface area contributed by atoms with E-state index in [9.17, 15) is 9.90 Å². The normalized spacial score (nSPS) is 13.7. The summed E-state index contributed by atoms with van der Waals surface area (Å²) in [5.41, 5.74) is -0.317. The maximum absolute atomic E-state index is 11.8. The molecule has 0 saturated carbocycles. The van der Waals surface area contributed by atoms with E-state index in [1.807, 2.05) is 26.0 Å². The average molecular weight is 280 g/mol. The number of hydrogen-bond donors (Lipinski definition) is 3. The van der Waals surface area contributed by atoms with Gasteiger partial charge in [-0.2, -0.15) is 0 Å². The molecule has 0 aliphatic heterocycles. The standard InChI is InChI=1S/C15H24N2O3/c1-11(2)9-15(3,19)10-16-14(18)17-12-7-5-6-8-13(12)20-4/h5-8,11,19H,9-10H2,1-4H3,(H2,16,17,18). The second-order valence-corrected chi connectivity index (χ2v) is 5.60. The lowest BCUT2D eigenvalue weighted by Crippen LogP contribution is -2.43. The number of carbonyl (C=O) groups is 1. The summed E-state index contributed by atoms with van der Waals surface area (Å²) in [6.07, 6.45) is 0.627. The zero-order valence-electron chi connectivity index (χ0n) is 12.6. The van der Waals surface area contributed by atoms with Gasteiger partial charge in [-0.3, -0.25) is 0 Å². The highest BCUT2D eigenvalue weighted by molar-refractivity contribution is 5.90. The highest BCUT2D eigenvalue weighted by Gasteiger charge is 2.22.